The van der Waals surface area contributed by atoms with Gasteiger partial charge in [0.15, 0.2) is 6.10 Å². The highest BCUT2D eigenvalue weighted by molar-refractivity contribution is 7.47. The van der Waals surface area contributed by atoms with E-state index in [0.29, 0.717) is 12.8 Å². The minimum atomic E-state index is -4.32. The summed E-state index contributed by atoms with van der Waals surface area (Å²) in [4.78, 5) is 22.2. The van der Waals surface area contributed by atoms with Crippen LogP contribution in [0.5, 0.6) is 0 Å². The maximum absolute atomic E-state index is 12.4. The van der Waals surface area contributed by atoms with Crippen molar-refractivity contribution in [1.82, 2.24) is 0 Å². The number of unbranched alkanes of at least 4 members (excludes halogenated alkanes) is 11. The molecule has 0 aliphatic rings. The standard InChI is InChI=1S/C43H74NO8P/c1-3-5-7-9-11-13-15-17-18-19-21-23-25-27-29-31-37-49-42(40-52-53(47,48)51-38-36-44)39-50-43(46)35-32-34-41(45)33-30-28-26-24-22-20-16-14-12-10-8-6-4-2/h6,8,12-15,20,22,26,28,30-31,33,37,41-42,45H,3-5,7,9-11,16-19,21,23-25,27,29,32,34-36,38-40,44H2,1-2H3,(H,47,48)/b8-6-,14-12-,15-13-,22-20-,28-26-,33-30+,37-31+/t41?,42-/m1/s1. The molecule has 2 unspecified atom stereocenters. The highest BCUT2D eigenvalue weighted by atomic mass is 31.2. The molecule has 0 fully saturated rings. The Hall–Kier alpha value is -2.52. The van der Waals surface area contributed by atoms with E-state index < -0.39 is 26.0 Å². The number of phosphoric ester groups is 1. The van der Waals surface area contributed by atoms with E-state index in [9.17, 15) is 19.4 Å². The number of esters is 1. The highest BCUT2D eigenvalue weighted by Gasteiger charge is 2.24. The van der Waals surface area contributed by atoms with Crippen LogP contribution in [-0.2, 0) is 27.9 Å². The lowest BCUT2D eigenvalue weighted by atomic mass is 10.1. The first-order chi connectivity index (χ1) is 25.8. The lowest BCUT2D eigenvalue weighted by Gasteiger charge is -2.19. The summed E-state index contributed by atoms with van der Waals surface area (Å²) in [6, 6.07) is 0. The van der Waals surface area contributed by atoms with Gasteiger partial charge >= 0.3 is 13.8 Å². The van der Waals surface area contributed by atoms with E-state index in [1.165, 1.54) is 70.5 Å². The molecular weight excluding hydrogens is 689 g/mol. The molecule has 0 aromatic rings. The van der Waals surface area contributed by atoms with E-state index in [2.05, 4.69) is 62.5 Å². The average Bonchev–Trinajstić information content (AvgIpc) is 3.14. The Morgan fingerprint density at radius 1 is 0.698 bits per heavy atom. The van der Waals surface area contributed by atoms with Gasteiger partial charge in [-0.15, -0.1) is 0 Å². The molecule has 0 aromatic carbocycles. The van der Waals surface area contributed by atoms with Gasteiger partial charge < -0.3 is 25.2 Å². The molecule has 10 heteroatoms. The maximum Gasteiger partial charge on any atom is 0.472 e. The van der Waals surface area contributed by atoms with Gasteiger partial charge in [-0.1, -0.05) is 132 Å². The third-order valence-electron chi connectivity index (χ3n) is 7.99. The summed E-state index contributed by atoms with van der Waals surface area (Å²) in [5, 5.41) is 10.2. The van der Waals surface area contributed by atoms with Crippen molar-refractivity contribution in [2.24, 2.45) is 5.73 Å². The molecule has 0 saturated carbocycles. The van der Waals surface area contributed by atoms with E-state index in [0.717, 1.165) is 44.9 Å². The molecule has 0 rings (SSSR count). The molecule has 0 saturated heterocycles. The topological polar surface area (TPSA) is 138 Å². The van der Waals surface area contributed by atoms with Gasteiger partial charge in [-0.2, -0.15) is 0 Å². The number of allylic oxidation sites excluding steroid dienone is 12. The van der Waals surface area contributed by atoms with Crippen molar-refractivity contribution in [2.45, 2.75) is 154 Å². The third-order valence-corrected chi connectivity index (χ3v) is 8.97. The maximum atomic E-state index is 12.4. The normalized spacial score (nSPS) is 15.0. The predicted octanol–water partition coefficient (Wildman–Crippen LogP) is 11.1. The molecular formula is C43H74NO8P. The van der Waals surface area contributed by atoms with Gasteiger partial charge in [-0.25, -0.2) is 4.57 Å². The van der Waals surface area contributed by atoms with Crippen molar-refractivity contribution >= 4 is 13.8 Å². The van der Waals surface area contributed by atoms with Crippen LogP contribution in [-0.4, -0.2) is 54.5 Å². The molecule has 0 aromatic heterocycles. The zero-order valence-corrected chi connectivity index (χ0v) is 34.0. The fourth-order valence-corrected chi connectivity index (χ4v) is 5.71. The molecule has 0 bridgehead atoms. The number of carbonyl (C=O) groups is 1. The molecule has 0 radical (unpaired) electrons. The van der Waals surface area contributed by atoms with Crippen LogP contribution in [0.3, 0.4) is 0 Å². The predicted molar refractivity (Wildman–Crippen MR) is 220 cm³/mol. The smallest absolute Gasteiger partial charge is 0.472 e. The van der Waals surface area contributed by atoms with Gasteiger partial charge in [0.1, 0.15) is 6.61 Å². The number of carbonyl (C=O) groups excluding carboxylic acids is 1. The third kappa shape index (κ3) is 39.0. The van der Waals surface area contributed by atoms with E-state index in [1.807, 2.05) is 18.2 Å². The van der Waals surface area contributed by atoms with Gasteiger partial charge in [0.2, 0.25) is 0 Å². The molecule has 0 heterocycles. The van der Waals surface area contributed by atoms with Gasteiger partial charge in [0.25, 0.3) is 0 Å². The summed E-state index contributed by atoms with van der Waals surface area (Å²) < 4.78 is 33.0. The number of nitrogens with two attached hydrogens (primary N) is 1. The van der Waals surface area contributed by atoms with Crippen LogP contribution in [0.25, 0.3) is 0 Å². The molecule has 0 amide bonds. The van der Waals surface area contributed by atoms with Crippen molar-refractivity contribution in [2.75, 3.05) is 26.4 Å². The Morgan fingerprint density at radius 3 is 1.91 bits per heavy atom. The summed E-state index contributed by atoms with van der Waals surface area (Å²) in [6.45, 7) is 3.83. The second-order valence-electron chi connectivity index (χ2n) is 13.0. The van der Waals surface area contributed by atoms with Crippen LogP contribution in [0.4, 0.5) is 0 Å². The monoisotopic (exact) mass is 764 g/mol. The van der Waals surface area contributed by atoms with Crippen LogP contribution >= 0.6 is 7.82 Å². The van der Waals surface area contributed by atoms with Crippen molar-refractivity contribution in [3.63, 3.8) is 0 Å². The first-order valence-electron chi connectivity index (χ1n) is 20.2. The summed E-state index contributed by atoms with van der Waals surface area (Å²) in [5.74, 6) is -0.456. The summed E-state index contributed by atoms with van der Waals surface area (Å²) in [7, 11) is -4.32. The van der Waals surface area contributed by atoms with Crippen LogP contribution in [0.2, 0.25) is 0 Å². The van der Waals surface area contributed by atoms with Gasteiger partial charge in [-0.05, 0) is 83.1 Å². The zero-order chi connectivity index (χ0) is 38.9. The number of rotatable bonds is 37. The second kappa shape index (κ2) is 39.2. The molecule has 0 aliphatic carbocycles. The molecule has 53 heavy (non-hydrogen) atoms. The lowest BCUT2D eigenvalue weighted by molar-refractivity contribution is -0.147. The number of aliphatic hydroxyl groups is 1. The van der Waals surface area contributed by atoms with Gasteiger partial charge in [0.05, 0.1) is 25.6 Å². The van der Waals surface area contributed by atoms with Gasteiger partial charge in [0, 0.05) is 13.0 Å². The van der Waals surface area contributed by atoms with Crippen molar-refractivity contribution in [1.29, 1.82) is 0 Å². The van der Waals surface area contributed by atoms with E-state index >= 15 is 0 Å². The lowest BCUT2D eigenvalue weighted by Crippen LogP contribution is -2.25. The first kappa shape index (κ1) is 50.5. The van der Waals surface area contributed by atoms with Crippen LogP contribution in [0.15, 0.2) is 85.3 Å². The molecule has 3 atom stereocenters. The second-order valence-corrected chi connectivity index (χ2v) is 14.5. The van der Waals surface area contributed by atoms with Crippen molar-refractivity contribution in [3.05, 3.63) is 85.3 Å². The molecule has 4 N–H and O–H groups in total. The van der Waals surface area contributed by atoms with Crippen LogP contribution < -0.4 is 5.73 Å². The minimum Gasteiger partial charge on any atom is -0.492 e. The number of hydrogen-bond donors (Lipinski definition) is 3. The minimum absolute atomic E-state index is 0.0692. The summed E-state index contributed by atoms with van der Waals surface area (Å²) in [6.07, 6.45) is 47.3. The first-order valence-corrected chi connectivity index (χ1v) is 21.7. The Bertz CT molecular complexity index is 1100. The molecule has 0 spiro atoms. The van der Waals surface area contributed by atoms with E-state index in [1.54, 1.807) is 12.2 Å². The Morgan fingerprint density at radius 2 is 1.28 bits per heavy atom. The quantitative estimate of drug-likeness (QED) is 0.0141. The zero-order valence-electron chi connectivity index (χ0n) is 33.1. The number of hydrogen-bond acceptors (Lipinski definition) is 8. The van der Waals surface area contributed by atoms with Crippen molar-refractivity contribution in [3.8, 4) is 0 Å². The fourth-order valence-electron chi connectivity index (χ4n) is 4.94. The SMILES string of the molecule is CC/C=C\C/C=C\C/C=C\C/C=C\C=C\C(O)CCCC(=O)OC[C@H](COP(=O)(O)OCCN)O/C=C/CCCCCCCC/C=C\CCCCCC. The Balaban J connectivity index is 4.35. The van der Waals surface area contributed by atoms with Crippen LogP contribution in [0.1, 0.15) is 142 Å². The van der Waals surface area contributed by atoms with Gasteiger partial charge in [-0.3, -0.25) is 13.8 Å². The van der Waals surface area contributed by atoms with E-state index in [-0.39, 0.29) is 32.8 Å². The van der Waals surface area contributed by atoms with Crippen molar-refractivity contribution < 1.29 is 37.9 Å². The number of ether oxygens (including phenoxy) is 2. The molecule has 304 valence electrons. The highest BCUT2D eigenvalue weighted by Crippen LogP contribution is 2.43. The molecule has 0 aliphatic heterocycles. The van der Waals surface area contributed by atoms with Crippen LogP contribution in [0, 0.1) is 0 Å². The molecule has 9 nitrogen and oxygen atoms in total. The summed E-state index contributed by atoms with van der Waals surface area (Å²) >= 11 is 0. The Labute approximate surface area is 322 Å². The number of aliphatic hydroxyl groups excluding tert-OH is 1. The average molecular weight is 764 g/mol. The van der Waals surface area contributed by atoms with E-state index in [4.69, 9.17) is 24.3 Å². The Kier molecular flexibility index (Phi) is 37.3. The summed E-state index contributed by atoms with van der Waals surface area (Å²) in [5.41, 5.74) is 5.35. The number of phosphoric acid groups is 1. The fraction of sp³-hybridized carbons (Fsp3) is 0.651. The largest absolute Gasteiger partial charge is 0.492 e.